The summed E-state index contributed by atoms with van der Waals surface area (Å²) in [6.45, 7) is 1.74. The second-order valence-electron chi connectivity index (χ2n) is 5.21. The third-order valence-electron chi connectivity index (χ3n) is 3.49. The Kier molecular flexibility index (Phi) is 5.81. The highest BCUT2D eigenvalue weighted by Gasteiger charge is 2.21. The van der Waals surface area contributed by atoms with Gasteiger partial charge in [0.25, 0.3) is 0 Å². The fourth-order valence-electron chi connectivity index (χ4n) is 2.45. The number of halogens is 2. The number of rotatable bonds is 6. The van der Waals surface area contributed by atoms with E-state index in [2.05, 4.69) is 5.10 Å². The van der Waals surface area contributed by atoms with Gasteiger partial charge in [0.15, 0.2) is 0 Å². The summed E-state index contributed by atoms with van der Waals surface area (Å²) in [5.74, 6) is -2.43. The quantitative estimate of drug-likeness (QED) is 0.790. The first kappa shape index (κ1) is 19.0. The largest absolute Gasteiger partial charge is 0.481 e. The molecule has 9 heteroatoms. The van der Waals surface area contributed by atoms with E-state index < -0.39 is 30.2 Å². The van der Waals surface area contributed by atoms with Crippen LogP contribution in [-0.4, -0.2) is 31.9 Å². The van der Waals surface area contributed by atoms with Gasteiger partial charge in [0, 0.05) is 5.56 Å². The molecule has 2 N–H and O–H groups in total. The zero-order chi connectivity index (χ0) is 18.7. The molecule has 0 radical (unpaired) electrons. The molecule has 0 aliphatic rings. The van der Waals surface area contributed by atoms with Crippen LogP contribution in [0.2, 0.25) is 10.0 Å². The molecule has 1 aromatic carbocycles. The molecule has 7 nitrogen and oxygen atoms in total. The summed E-state index contributed by atoms with van der Waals surface area (Å²) in [5.41, 5.74) is -0.0817. The van der Waals surface area contributed by atoms with Crippen molar-refractivity contribution in [3.8, 4) is 5.69 Å². The van der Waals surface area contributed by atoms with E-state index >= 15 is 0 Å². The van der Waals surface area contributed by atoms with Crippen molar-refractivity contribution in [2.45, 2.75) is 26.2 Å². The maximum absolute atomic E-state index is 12.5. The minimum atomic E-state index is -1.24. The van der Waals surface area contributed by atoms with Crippen LogP contribution in [0.5, 0.6) is 0 Å². The minimum absolute atomic E-state index is 0.00678. The van der Waals surface area contributed by atoms with Gasteiger partial charge in [-0.15, -0.1) is 0 Å². The van der Waals surface area contributed by atoms with E-state index in [1.807, 2.05) is 0 Å². The van der Waals surface area contributed by atoms with Gasteiger partial charge < -0.3 is 10.2 Å². The highest BCUT2D eigenvalue weighted by Crippen LogP contribution is 2.25. The first-order valence-corrected chi connectivity index (χ1v) is 8.03. The molecule has 0 bridgehead atoms. The van der Waals surface area contributed by atoms with Gasteiger partial charge >= 0.3 is 11.9 Å². The predicted molar refractivity (Wildman–Crippen MR) is 91.9 cm³/mol. The summed E-state index contributed by atoms with van der Waals surface area (Å²) < 4.78 is 1.35. The number of benzene rings is 1. The van der Waals surface area contributed by atoms with Gasteiger partial charge in [-0.3, -0.25) is 14.4 Å². The van der Waals surface area contributed by atoms with Crippen LogP contribution in [0.4, 0.5) is 0 Å². The van der Waals surface area contributed by atoms with Gasteiger partial charge in [-0.2, -0.15) is 5.10 Å². The zero-order valence-corrected chi connectivity index (χ0v) is 14.6. The number of hydrogen-bond donors (Lipinski definition) is 2. The highest BCUT2D eigenvalue weighted by atomic mass is 35.5. The molecule has 0 spiro atoms. The molecule has 2 aromatic rings. The lowest BCUT2D eigenvalue weighted by Crippen LogP contribution is -2.28. The molecule has 0 saturated heterocycles. The third kappa shape index (κ3) is 4.18. The van der Waals surface area contributed by atoms with Crippen LogP contribution in [0.15, 0.2) is 23.0 Å². The van der Waals surface area contributed by atoms with Crippen molar-refractivity contribution < 1.29 is 19.8 Å². The summed E-state index contributed by atoms with van der Waals surface area (Å²) in [5, 5.41) is 22.8. The summed E-state index contributed by atoms with van der Waals surface area (Å²) in [6.07, 6.45) is -0.826. The Hall–Kier alpha value is -2.38. The summed E-state index contributed by atoms with van der Waals surface area (Å²) >= 11 is 11.9. The standard InChI is InChI=1S/C16H14Cl2N2O5/c1-2-13-9(6-14(21)22)16(25)12(7-15(23)24)19-20(13)8-3-4-10(17)11(18)5-8/h3-5H,2,6-7H2,1H3,(H,21,22)(H,23,24). The van der Waals surface area contributed by atoms with Crippen LogP contribution in [0.25, 0.3) is 5.69 Å². The highest BCUT2D eigenvalue weighted by molar-refractivity contribution is 6.42. The van der Waals surface area contributed by atoms with Crippen molar-refractivity contribution in [2.75, 3.05) is 0 Å². The normalized spacial score (nSPS) is 10.7. The molecule has 25 heavy (non-hydrogen) atoms. The lowest BCUT2D eigenvalue weighted by molar-refractivity contribution is -0.137. The Bertz CT molecular complexity index is 908. The lowest BCUT2D eigenvalue weighted by atomic mass is 10.1. The van der Waals surface area contributed by atoms with Crippen LogP contribution in [0.1, 0.15) is 23.9 Å². The molecule has 0 saturated carbocycles. The lowest BCUT2D eigenvalue weighted by Gasteiger charge is -2.16. The van der Waals surface area contributed by atoms with Gasteiger partial charge in [-0.25, -0.2) is 4.68 Å². The van der Waals surface area contributed by atoms with E-state index in [0.717, 1.165) is 0 Å². The van der Waals surface area contributed by atoms with Gasteiger partial charge in [-0.05, 0) is 24.6 Å². The first-order chi connectivity index (χ1) is 11.7. The Morgan fingerprint density at radius 3 is 2.28 bits per heavy atom. The molecule has 2 rings (SSSR count). The number of carboxylic acids is 2. The van der Waals surface area contributed by atoms with Crippen LogP contribution in [-0.2, 0) is 28.9 Å². The second kappa shape index (κ2) is 7.67. The molecule has 132 valence electrons. The first-order valence-electron chi connectivity index (χ1n) is 7.27. The van der Waals surface area contributed by atoms with Crippen molar-refractivity contribution in [3.05, 3.63) is 55.4 Å². The van der Waals surface area contributed by atoms with Gasteiger partial charge in [0.05, 0.1) is 34.3 Å². The molecule has 0 aliphatic heterocycles. The second-order valence-corrected chi connectivity index (χ2v) is 6.02. The monoisotopic (exact) mass is 384 g/mol. The van der Waals surface area contributed by atoms with E-state index in [-0.39, 0.29) is 16.3 Å². The van der Waals surface area contributed by atoms with Crippen LogP contribution in [0.3, 0.4) is 0 Å². The summed E-state index contributed by atoms with van der Waals surface area (Å²) in [6, 6.07) is 4.64. The maximum atomic E-state index is 12.5. The van der Waals surface area contributed by atoms with E-state index in [1.54, 1.807) is 13.0 Å². The van der Waals surface area contributed by atoms with Gasteiger partial charge in [0.1, 0.15) is 5.69 Å². The van der Waals surface area contributed by atoms with Gasteiger partial charge in [-0.1, -0.05) is 30.1 Å². The summed E-state index contributed by atoms with van der Waals surface area (Å²) in [7, 11) is 0. The number of aromatic nitrogens is 2. The summed E-state index contributed by atoms with van der Waals surface area (Å²) in [4.78, 5) is 34.6. The van der Waals surface area contributed by atoms with Crippen molar-refractivity contribution >= 4 is 35.1 Å². The van der Waals surface area contributed by atoms with Gasteiger partial charge in [0.2, 0.25) is 5.43 Å². The van der Waals surface area contributed by atoms with Crippen LogP contribution in [0, 0.1) is 0 Å². The Morgan fingerprint density at radius 1 is 1.12 bits per heavy atom. The molecule has 0 fully saturated rings. The fraction of sp³-hybridized carbons (Fsp3) is 0.250. The van der Waals surface area contributed by atoms with E-state index in [1.165, 1.54) is 16.8 Å². The zero-order valence-electron chi connectivity index (χ0n) is 13.1. The van der Waals surface area contributed by atoms with Crippen LogP contribution < -0.4 is 5.43 Å². The number of carbonyl (C=O) groups is 2. The average Bonchev–Trinajstić information content (AvgIpc) is 2.53. The fourth-order valence-corrected chi connectivity index (χ4v) is 2.74. The van der Waals surface area contributed by atoms with Crippen molar-refractivity contribution in [1.82, 2.24) is 9.78 Å². The Labute approximate surface area is 152 Å². The topological polar surface area (TPSA) is 109 Å². The number of hydrogen-bond acceptors (Lipinski definition) is 4. The third-order valence-corrected chi connectivity index (χ3v) is 4.23. The number of aliphatic carboxylic acids is 2. The predicted octanol–water partition coefficient (Wildman–Crippen LogP) is 2.36. The molecular formula is C16H14Cl2N2O5. The molecule has 0 amide bonds. The molecule has 0 atom stereocenters. The molecule has 0 aliphatic carbocycles. The SMILES string of the molecule is CCc1c(CC(=O)O)c(=O)c(CC(=O)O)nn1-c1ccc(Cl)c(Cl)c1. The van der Waals surface area contributed by atoms with Crippen molar-refractivity contribution in [1.29, 1.82) is 0 Å². The van der Waals surface area contributed by atoms with E-state index in [0.29, 0.717) is 22.8 Å². The Balaban J connectivity index is 2.80. The molecular weight excluding hydrogens is 371 g/mol. The number of carboxylic acid groups (broad SMARTS) is 2. The average molecular weight is 385 g/mol. The van der Waals surface area contributed by atoms with Crippen molar-refractivity contribution in [3.63, 3.8) is 0 Å². The minimum Gasteiger partial charge on any atom is -0.481 e. The molecule has 1 heterocycles. The number of nitrogens with zero attached hydrogens (tertiary/aromatic N) is 2. The van der Waals surface area contributed by atoms with E-state index in [9.17, 15) is 14.4 Å². The Morgan fingerprint density at radius 2 is 1.76 bits per heavy atom. The maximum Gasteiger partial charge on any atom is 0.309 e. The van der Waals surface area contributed by atoms with E-state index in [4.69, 9.17) is 33.4 Å². The molecule has 1 aromatic heterocycles. The smallest absolute Gasteiger partial charge is 0.309 e. The molecule has 0 unspecified atom stereocenters. The van der Waals surface area contributed by atoms with Crippen LogP contribution >= 0.6 is 23.2 Å². The van der Waals surface area contributed by atoms with Crippen molar-refractivity contribution in [2.24, 2.45) is 0 Å².